The summed E-state index contributed by atoms with van der Waals surface area (Å²) in [7, 11) is -3.04. The van der Waals surface area contributed by atoms with Gasteiger partial charge in [-0.15, -0.1) is 0 Å². The standard InChI is InChI=1S/C11H15ClN2O3S/c1-7(6-18(2,16)17)14-8-3-4-9(11(13)15)10(12)5-8/h3-5,7,14H,6H2,1-2H3,(H2,13,15). The molecule has 7 heteroatoms. The molecule has 100 valence electrons. The summed E-state index contributed by atoms with van der Waals surface area (Å²) >= 11 is 5.88. The van der Waals surface area contributed by atoms with E-state index in [1.165, 1.54) is 12.3 Å². The summed E-state index contributed by atoms with van der Waals surface area (Å²) in [6, 6.07) is 4.42. The molecule has 18 heavy (non-hydrogen) atoms. The molecule has 0 spiro atoms. The number of carbonyl (C=O) groups excluding carboxylic acids is 1. The lowest BCUT2D eigenvalue weighted by molar-refractivity contribution is 0.100. The summed E-state index contributed by atoms with van der Waals surface area (Å²) in [6.07, 6.45) is 1.17. The lowest BCUT2D eigenvalue weighted by Crippen LogP contribution is -2.25. The maximum atomic E-state index is 11.1. The first-order valence-electron chi connectivity index (χ1n) is 5.22. The number of benzene rings is 1. The average molecular weight is 291 g/mol. The van der Waals surface area contributed by atoms with Crippen LogP contribution in [0.1, 0.15) is 17.3 Å². The van der Waals surface area contributed by atoms with Crippen molar-refractivity contribution in [3.8, 4) is 0 Å². The number of hydrogen-bond acceptors (Lipinski definition) is 4. The third kappa shape index (κ3) is 4.54. The molecule has 5 nitrogen and oxygen atoms in total. The van der Waals surface area contributed by atoms with Gasteiger partial charge in [-0.3, -0.25) is 4.79 Å². The largest absolute Gasteiger partial charge is 0.382 e. The van der Waals surface area contributed by atoms with Crippen molar-refractivity contribution in [1.29, 1.82) is 0 Å². The van der Waals surface area contributed by atoms with Gasteiger partial charge < -0.3 is 11.1 Å². The third-order valence-electron chi connectivity index (χ3n) is 2.20. The molecule has 1 amide bonds. The number of nitrogens with one attached hydrogen (secondary N) is 1. The zero-order valence-electron chi connectivity index (χ0n) is 10.1. The molecule has 0 fully saturated rings. The van der Waals surface area contributed by atoms with Gasteiger partial charge in [0.2, 0.25) is 5.91 Å². The van der Waals surface area contributed by atoms with Gasteiger partial charge in [0.15, 0.2) is 0 Å². The minimum Gasteiger partial charge on any atom is -0.382 e. The Balaban J connectivity index is 2.81. The van der Waals surface area contributed by atoms with Crippen LogP contribution in [-0.2, 0) is 9.84 Å². The monoisotopic (exact) mass is 290 g/mol. The smallest absolute Gasteiger partial charge is 0.250 e. The van der Waals surface area contributed by atoms with E-state index in [0.29, 0.717) is 5.69 Å². The first-order valence-corrected chi connectivity index (χ1v) is 7.66. The van der Waals surface area contributed by atoms with Crippen LogP contribution in [0.25, 0.3) is 0 Å². The SMILES string of the molecule is CC(CS(C)(=O)=O)Nc1ccc(C(N)=O)c(Cl)c1. The van der Waals surface area contributed by atoms with Crippen molar-refractivity contribution in [3.05, 3.63) is 28.8 Å². The molecular formula is C11H15ClN2O3S. The van der Waals surface area contributed by atoms with Crippen LogP contribution in [0.4, 0.5) is 5.69 Å². The number of anilines is 1. The topological polar surface area (TPSA) is 89.3 Å². The number of halogens is 1. The fraction of sp³-hybridized carbons (Fsp3) is 0.364. The van der Waals surface area contributed by atoms with Crippen LogP contribution in [0.5, 0.6) is 0 Å². The molecule has 0 aliphatic heterocycles. The molecule has 1 unspecified atom stereocenters. The molecule has 1 rings (SSSR count). The van der Waals surface area contributed by atoms with E-state index in [1.54, 1.807) is 19.1 Å². The van der Waals surface area contributed by atoms with Crippen molar-refractivity contribution in [2.45, 2.75) is 13.0 Å². The zero-order chi connectivity index (χ0) is 13.9. The Hall–Kier alpha value is -1.27. The summed E-state index contributed by atoms with van der Waals surface area (Å²) in [5.74, 6) is -0.585. The van der Waals surface area contributed by atoms with E-state index in [1.807, 2.05) is 0 Å². The summed E-state index contributed by atoms with van der Waals surface area (Å²) in [6.45, 7) is 1.75. The van der Waals surface area contributed by atoms with Gasteiger partial charge in [-0.05, 0) is 25.1 Å². The number of nitrogens with two attached hydrogens (primary N) is 1. The van der Waals surface area contributed by atoms with Crippen molar-refractivity contribution in [3.63, 3.8) is 0 Å². The van der Waals surface area contributed by atoms with E-state index in [9.17, 15) is 13.2 Å². The van der Waals surface area contributed by atoms with Gasteiger partial charge in [0.1, 0.15) is 9.84 Å². The highest BCUT2D eigenvalue weighted by Crippen LogP contribution is 2.21. The van der Waals surface area contributed by atoms with E-state index in [-0.39, 0.29) is 22.4 Å². The van der Waals surface area contributed by atoms with Crippen molar-refractivity contribution in [2.75, 3.05) is 17.3 Å². The number of rotatable bonds is 5. The summed E-state index contributed by atoms with van der Waals surface area (Å²) in [5.41, 5.74) is 6.00. The van der Waals surface area contributed by atoms with E-state index in [4.69, 9.17) is 17.3 Å². The Bertz CT molecular complexity index is 557. The van der Waals surface area contributed by atoms with Crippen molar-refractivity contribution < 1.29 is 13.2 Å². The summed E-state index contributed by atoms with van der Waals surface area (Å²) < 4.78 is 22.2. The number of carbonyl (C=O) groups is 1. The molecule has 0 bridgehead atoms. The Kier molecular flexibility index (Phi) is 4.59. The number of amides is 1. The van der Waals surface area contributed by atoms with E-state index < -0.39 is 15.7 Å². The van der Waals surface area contributed by atoms with Crippen molar-refractivity contribution in [1.82, 2.24) is 0 Å². The molecule has 0 saturated carbocycles. The minimum absolute atomic E-state index is 0.0161. The Labute approximate surface area is 111 Å². The number of primary amides is 1. The second kappa shape index (κ2) is 5.58. The first kappa shape index (κ1) is 14.8. The molecule has 0 heterocycles. The van der Waals surface area contributed by atoms with Gasteiger partial charge in [-0.2, -0.15) is 0 Å². The Morgan fingerprint density at radius 3 is 2.56 bits per heavy atom. The Morgan fingerprint density at radius 1 is 1.50 bits per heavy atom. The van der Waals surface area contributed by atoms with Gasteiger partial charge in [0.25, 0.3) is 0 Å². The van der Waals surface area contributed by atoms with Crippen LogP contribution in [0.15, 0.2) is 18.2 Å². The lowest BCUT2D eigenvalue weighted by atomic mass is 10.2. The van der Waals surface area contributed by atoms with Gasteiger partial charge in [-0.1, -0.05) is 11.6 Å². The summed E-state index contributed by atoms with van der Waals surface area (Å²) in [4.78, 5) is 11.0. The predicted octanol–water partition coefficient (Wildman–Crippen LogP) is 1.28. The van der Waals surface area contributed by atoms with Gasteiger partial charge in [-0.25, -0.2) is 8.42 Å². The average Bonchev–Trinajstić information content (AvgIpc) is 2.13. The quantitative estimate of drug-likeness (QED) is 0.855. The van der Waals surface area contributed by atoms with Crippen LogP contribution < -0.4 is 11.1 Å². The third-order valence-corrected chi connectivity index (χ3v) is 3.62. The minimum atomic E-state index is -3.04. The molecule has 1 atom stereocenters. The van der Waals surface area contributed by atoms with Crippen LogP contribution in [0, 0.1) is 0 Å². The first-order chi connectivity index (χ1) is 8.19. The number of hydrogen-bond donors (Lipinski definition) is 2. The molecule has 0 saturated heterocycles. The van der Waals surface area contributed by atoms with Crippen molar-refractivity contribution in [2.24, 2.45) is 5.73 Å². The molecule has 1 aromatic carbocycles. The van der Waals surface area contributed by atoms with Crippen LogP contribution >= 0.6 is 11.6 Å². The predicted molar refractivity (Wildman–Crippen MR) is 72.8 cm³/mol. The highest BCUT2D eigenvalue weighted by atomic mass is 35.5. The van der Waals surface area contributed by atoms with E-state index in [0.717, 1.165) is 0 Å². The van der Waals surface area contributed by atoms with Crippen LogP contribution in [0.3, 0.4) is 0 Å². The highest BCUT2D eigenvalue weighted by molar-refractivity contribution is 7.90. The maximum absolute atomic E-state index is 11.1. The second-order valence-corrected chi connectivity index (χ2v) is 6.79. The molecule has 0 radical (unpaired) electrons. The molecule has 0 aliphatic rings. The fourth-order valence-electron chi connectivity index (χ4n) is 1.59. The van der Waals surface area contributed by atoms with Crippen LogP contribution in [-0.4, -0.2) is 32.4 Å². The zero-order valence-corrected chi connectivity index (χ0v) is 11.7. The van der Waals surface area contributed by atoms with Gasteiger partial charge >= 0.3 is 0 Å². The van der Waals surface area contributed by atoms with E-state index in [2.05, 4.69) is 5.32 Å². The fourth-order valence-corrected chi connectivity index (χ4v) is 2.85. The van der Waals surface area contributed by atoms with E-state index >= 15 is 0 Å². The van der Waals surface area contributed by atoms with Gasteiger partial charge in [0.05, 0.1) is 16.3 Å². The molecule has 3 N–H and O–H groups in total. The lowest BCUT2D eigenvalue weighted by Gasteiger charge is -2.14. The molecule has 1 aromatic rings. The summed E-state index contributed by atoms with van der Waals surface area (Å²) in [5, 5.41) is 3.22. The maximum Gasteiger partial charge on any atom is 0.250 e. The molecule has 0 aromatic heterocycles. The second-order valence-electron chi connectivity index (χ2n) is 4.20. The van der Waals surface area contributed by atoms with Crippen molar-refractivity contribution >= 4 is 33.0 Å². The number of sulfone groups is 1. The normalized spacial score (nSPS) is 13.1. The Morgan fingerprint density at radius 2 is 2.11 bits per heavy atom. The highest BCUT2D eigenvalue weighted by Gasteiger charge is 2.12. The van der Waals surface area contributed by atoms with Crippen LogP contribution in [0.2, 0.25) is 5.02 Å². The van der Waals surface area contributed by atoms with Gasteiger partial charge in [0, 0.05) is 18.0 Å². The molecular weight excluding hydrogens is 276 g/mol. The molecule has 0 aliphatic carbocycles.